The fourth-order valence-electron chi connectivity index (χ4n) is 2.08. The number of hydrogen-bond donors (Lipinski definition) is 1. The van der Waals surface area contributed by atoms with Gasteiger partial charge in [0.1, 0.15) is 0 Å². The molecule has 1 N–H and O–H groups in total. The molecule has 2 atom stereocenters. The van der Waals surface area contributed by atoms with Crippen molar-refractivity contribution in [2.45, 2.75) is 20.8 Å². The second-order valence-electron chi connectivity index (χ2n) is 4.83. The molecule has 2 unspecified atom stereocenters. The van der Waals surface area contributed by atoms with Crippen molar-refractivity contribution in [1.82, 2.24) is 0 Å². The summed E-state index contributed by atoms with van der Waals surface area (Å²) in [7, 11) is 0. The molecule has 6 nitrogen and oxygen atoms in total. The van der Waals surface area contributed by atoms with Crippen LogP contribution in [0.2, 0.25) is 0 Å². The fraction of sp³-hybridized carbons (Fsp3) is 0.357. The van der Waals surface area contributed by atoms with Crippen molar-refractivity contribution in [2.75, 3.05) is 4.90 Å². The maximum absolute atomic E-state index is 12.1. The highest BCUT2D eigenvalue weighted by atomic mass is 16.5. The number of esters is 1. The SMILES string of the molecule is CC(=O)Oc1cc(N2C(=O)C(C)C(C)C2=O)ccc1O. The average molecular weight is 277 g/mol. The molecule has 1 aliphatic heterocycles. The van der Waals surface area contributed by atoms with Crippen LogP contribution in [0.3, 0.4) is 0 Å². The number of benzene rings is 1. The normalized spacial score (nSPS) is 22.2. The molecule has 0 bridgehead atoms. The van der Waals surface area contributed by atoms with Gasteiger partial charge in [0.2, 0.25) is 11.8 Å². The first kappa shape index (κ1) is 14.0. The number of phenolic OH excluding ortho intramolecular Hbond substituents is 1. The van der Waals surface area contributed by atoms with Gasteiger partial charge in [0, 0.05) is 24.8 Å². The third-order valence-electron chi connectivity index (χ3n) is 3.43. The van der Waals surface area contributed by atoms with Gasteiger partial charge in [-0.2, -0.15) is 0 Å². The fourth-order valence-corrected chi connectivity index (χ4v) is 2.08. The van der Waals surface area contributed by atoms with Gasteiger partial charge in [-0.05, 0) is 12.1 Å². The molecule has 1 fully saturated rings. The molecule has 0 aromatic heterocycles. The summed E-state index contributed by atoms with van der Waals surface area (Å²) >= 11 is 0. The number of ether oxygens (including phenoxy) is 1. The molecular weight excluding hydrogens is 262 g/mol. The van der Waals surface area contributed by atoms with Crippen LogP contribution in [0.4, 0.5) is 5.69 Å². The smallest absolute Gasteiger partial charge is 0.308 e. The Hall–Kier alpha value is -2.37. The monoisotopic (exact) mass is 277 g/mol. The number of hydrogen-bond acceptors (Lipinski definition) is 5. The maximum Gasteiger partial charge on any atom is 0.308 e. The van der Waals surface area contributed by atoms with Crippen LogP contribution in [0.5, 0.6) is 11.5 Å². The zero-order chi connectivity index (χ0) is 15.0. The number of carbonyl (C=O) groups is 3. The molecule has 2 amide bonds. The van der Waals surface area contributed by atoms with E-state index in [1.165, 1.54) is 25.1 Å². The number of rotatable bonds is 2. The summed E-state index contributed by atoms with van der Waals surface area (Å²) in [6.07, 6.45) is 0. The number of phenols is 1. The first-order chi connectivity index (χ1) is 9.32. The summed E-state index contributed by atoms with van der Waals surface area (Å²) in [5.41, 5.74) is 0.283. The lowest BCUT2D eigenvalue weighted by atomic mass is 10.00. The van der Waals surface area contributed by atoms with Crippen molar-refractivity contribution in [3.63, 3.8) is 0 Å². The van der Waals surface area contributed by atoms with Crippen molar-refractivity contribution in [3.05, 3.63) is 18.2 Å². The summed E-state index contributed by atoms with van der Waals surface area (Å²) in [5.74, 6) is -2.31. The Balaban J connectivity index is 2.41. The lowest BCUT2D eigenvalue weighted by Gasteiger charge is -2.16. The van der Waals surface area contributed by atoms with E-state index in [0.29, 0.717) is 0 Å². The van der Waals surface area contributed by atoms with Crippen molar-refractivity contribution in [2.24, 2.45) is 11.8 Å². The minimum absolute atomic E-state index is 0.0807. The average Bonchev–Trinajstić information content (AvgIpc) is 2.57. The van der Waals surface area contributed by atoms with Crippen molar-refractivity contribution >= 4 is 23.5 Å². The van der Waals surface area contributed by atoms with Crippen LogP contribution in [0, 0.1) is 11.8 Å². The molecule has 1 aromatic rings. The second-order valence-corrected chi connectivity index (χ2v) is 4.83. The Morgan fingerprint density at radius 3 is 2.25 bits per heavy atom. The van der Waals surface area contributed by atoms with Crippen LogP contribution in [-0.4, -0.2) is 22.9 Å². The zero-order valence-corrected chi connectivity index (χ0v) is 11.4. The standard InChI is InChI=1S/C14H15NO5/c1-7-8(2)14(19)15(13(7)18)10-4-5-11(17)12(6-10)20-9(3)16/h4-8,17H,1-3H3. The minimum Gasteiger partial charge on any atom is -0.504 e. The molecule has 0 aliphatic carbocycles. The molecule has 0 spiro atoms. The van der Waals surface area contributed by atoms with E-state index in [2.05, 4.69) is 0 Å². The molecule has 6 heteroatoms. The molecule has 20 heavy (non-hydrogen) atoms. The van der Waals surface area contributed by atoms with Gasteiger partial charge in [-0.3, -0.25) is 14.4 Å². The Morgan fingerprint density at radius 2 is 1.75 bits per heavy atom. The number of carbonyl (C=O) groups excluding carboxylic acids is 3. The molecular formula is C14H15NO5. The molecule has 2 rings (SSSR count). The number of nitrogens with zero attached hydrogens (tertiary/aromatic N) is 1. The van der Waals surface area contributed by atoms with Gasteiger partial charge < -0.3 is 9.84 Å². The van der Waals surface area contributed by atoms with Gasteiger partial charge in [0.15, 0.2) is 11.5 Å². The van der Waals surface area contributed by atoms with Gasteiger partial charge in [-0.15, -0.1) is 0 Å². The number of imide groups is 1. The van der Waals surface area contributed by atoms with Gasteiger partial charge >= 0.3 is 5.97 Å². The zero-order valence-electron chi connectivity index (χ0n) is 11.4. The Labute approximate surface area is 115 Å². The predicted octanol–water partition coefficient (Wildman–Crippen LogP) is 1.46. The topological polar surface area (TPSA) is 83.9 Å². The largest absolute Gasteiger partial charge is 0.504 e. The maximum atomic E-state index is 12.1. The third-order valence-corrected chi connectivity index (χ3v) is 3.43. The minimum atomic E-state index is -0.599. The summed E-state index contributed by atoms with van der Waals surface area (Å²) < 4.78 is 4.83. The molecule has 1 aromatic carbocycles. The lowest BCUT2D eigenvalue weighted by molar-refractivity contribution is -0.132. The molecule has 0 saturated carbocycles. The Bertz CT molecular complexity index is 575. The summed E-state index contributed by atoms with van der Waals surface area (Å²) in [6, 6.07) is 4.02. The summed E-state index contributed by atoms with van der Waals surface area (Å²) in [5, 5.41) is 9.60. The van der Waals surface area contributed by atoms with Crippen LogP contribution in [0.1, 0.15) is 20.8 Å². The van der Waals surface area contributed by atoms with E-state index in [1.807, 2.05) is 0 Å². The van der Waals surface area contributed by atoms with Crippen LogP contribution < -0.4 is 9.64 Å². The Kier molecular flexibility index (Phi) is 3.48. The van der Waals surface area contributed by atoms with E-state index < -0.39 is 17.8 Å². The molecule has 106 valence electrons. The third kappa shape index (κ3) is 2.24. The number of aromatic hydroxyl groups is 1. The molecule has 1 aliphatic rings. The van der Waals surface area contributed by atoms with Crippen molar-refractivity contribution in [1.29, 1.82) is 0 Å². The highest BCUT2D eigenvalue weighted by Gasteiger charge is 2.43. The summed E-state index contributed by atoms with van der Waals surface area (Å²) in [6.45, 7) is 4.58. The van der Waals surface area contributed by atoms with Gasteiger partial charge in [-0.25, -0.2) is 4.90 Å². The number of amides is 2. The van der Waals surface area contributed by atoms with Crippen LogP contribution in [0.25, 0.3) is 0 Å². The summed E-state index contributed by atoms with van der Waals surface area (Å²) in [4.78, 5) is 36.2. The van der Waals surface area contributed by atoms with Crippen molar-refractivity contribution in [3.8, 4) is 11.5 Å². The van der Waals surface area contributed by atoms with Gasteiger partial charge in [0.25, 0.3) is 0 Å². The first-order valence-electron chi connectivity index (χ1n) is 6.22. The van der Waals surface area contributed by atoms with Crippen molar-refractivity contribution < 1.29 is 24.2 Å². The molecule has 0 radical (unpaired) electrons. The number of anilines is 1. The predicted molar refractivity (Wildman–Crippen MR) is 70.2 cm³/mol. The van der Waals surface area contributed by atoms with E-state index in [-0.39, 0.29) is 29.0 Å². The second kappa shape index (κ2) is 4.96. The van der Waals surface area contributed by atoms with E-state index in [0.717, 1.165) is 4.90 Å². The quantitative estimate of drug-likeness (QED) is 0.502. The van der Waals surface area contributed by atoms with E-state index in [1.54, 1.807) is 13.8 Å². The van der Waals surface area contributed by atoms with E-state index in [9.17, 15) is 19.5 Å². The van der Waals surface area contributed by atoms with Crippen LogP contribution >= 0.6 is 0 Å². The van der Waals surface area contributed by atoms with Gasteiger partial charge in [-0.1, -0.05) is 13.8 Å². The van der Waals surface area contributed by atoms with E-state index in [4.69, 9.17) is 4.74 Å². The molecule has 1 saturated heterocycles. The molecule has 1 heterocycles. The first-order valence-corrected chi connectivity index (χ1v) is 6.22. The van der Waals surface area contributed by atoms with Gasteiger partial charge in [0.05, 0.1) is 5.69 Å². The highest BCUT2D eigenvalue weighted by molar-refractivity contribution is 6.21. The highest BCUT2D eigenvalue weighted by Crippen LogP contribution is 2.35. The van der Waals surface area contributed by atoms with Crippen LogP contribution in [0.15, 0.2) is 18.2 Å². The lowest BCUT2D eigenvalue weighted by Crippen LogP contribution is -2.30. The van der Waals surface area contributed by atoms with E-state index >= 15 is 0 Å². The Morgan fingerprint density at radius 1 is 1.20 bits per heavy atom. The van der Waals surface area contributed by atoms with Crippen LogP contribution in [-0.2, 0) is 14.4 Å².